The van der Waals surface area contributed by atoms with E-state index in [1.807, 2.05) is 0 Å². The van der Waals surface area contributed by atoms with Crippen molar-refractivity contribution in [3.8, 4) is 0 Å². The maximum atomic E-state index is 12.7. The maximum absolute atomic E-state index is 12.7. The quantitative estimate of drug-likeness (QED) is 0.381. The minimum Gasteiger partial charge on any atom is -0.413 e. The van der Waals surface area contributed by atoms with E-state index in [2.05, 4.69) is 82.6 Å². The minimum absolute atomic E-state index is 0.0137. The maximum Gasteiger partial charge on any atom is 0.263 e. The van der Waals surface area contributed by atoms with Gasteiger partial charge in [-0.2, -0.15) is 4.83 Å². The van der Waals surface area contributed by atoms with Gasteiger partial charge in [-0.1, -0.05) is 54.6 Å². The van der Waals surface area contributed by atoms with Crippen LogP contribution in [0.2, 0.25) is 36.3 Å². The first-order chi connectivity index (χ1) is 12.6. The van der Waals surface area contributed by atoms with Crippen LogP contribution in [0, 0.1) is 0 Å². The molecule has 29 heavy (non-hydrogen) atoms. The van der Waals surface area contributed by atoms with E-state index in [0.717, 1.165) is 11.3 Å². The van der Waals surface area contributed by atoms with Crippen molar-refractivity contribution < 1.29 is 18.0 Å². The van der Waals surface area contributed by atoms with Crippen molar-refractivity contribution in [3.05, 3.63) is 11.2 Å². The lowest BCUT2D eigenvalue weighted by Gasteiger charge is -2.38. The molecule has 3 N–H and O–H groups in total. The first kappa shape index (κ1) is 26.9. The van der Waals surface area contributed by atoms with Crippen molar-refractivity contribution >= 4 is 37.9 Å². The van der Waals surface area contributed by atoms with Gasteiger partial charge in [-0.25, -0.2) is 13.4 Å². The molecule has 0 aliphatic rings. The van der Waals surface area contributed by atoms with E-state index in [1.54, 1.807) is 6.92 Å². The van der Waals surface area contributed by atoms with Crippen molar-refractivity contribution in [2.24, 2.45) is 0 Å². The van der Waals surface area contributed by atoms with Crippen LogP contribution in [-0.2, 0) is 20.1 Å². The van der Waals surface area contributed by atoms with Gasteiger partial charge in [0.1, 0.15) is 18.8 Å². The predicted octanol–water partition coefficient (Wildman–Crippen LogP) is 4.16. The van der Waals surface area contributed by atoms with E-state index in [1.165, 1.54) is 6.20 Å². The molecule has 0 spiro atoms. The number of aromatic nitrogens is 1. The number of nitrogens with one attached hydrogen (secondary N) is 2. The summed E-state index contributed by atoms with van der Waals surface area (Å²) in [6, 6.07) is 0. The lowest BCUT2D eigenvalue weighted by molar-refractivity contribution is 0.00244. The van der Waals surface area contributed by atoms with E-state index in [4.69, 9.17) is 4.43 Å². The van der Waals surface area contributed by atoms with Crippen molar-refractivity contribution in [2.45, 2.75) is 94.5 Å². The van der Waals surface area contributed by atoms with Gasteiger partial charge in [0.2, 0.25) is 0 Å². The molecule has 0 bridgehead atoms. The van der Waals surface area contributed by atoms with Gasteiger partial charge < -0.3 is 9.53 Å². The summed E-state index contributed by atoms with van der Waals surface area (Å²) in [6.07, 6.45) is 1.29. The first-order valence-electron chi connectivity index (χ1n) is 9.74. The molecule has 0 aromatic carbocycles. The zero-order valence-electron chi connectivity index (χ0n) is 19.7. The van der Waals surface area contributed by atoms with E-state index < -0.39 is 32.2 Å². The Morgan fingerprint density at radius 1 is 1.07 bits per heavy atom. The smallest absolute Gasteiger partial charge is 0.263 e. The van der Waals surface area contributed by atoms with Gasteiger partial charge in [-0.15, -0.1) is 11.3 Å². The Kier molecular flexibility index (Phi) is 7.80. The molecule has 1 aromatic heterocycles. The average molecular weight is 482 g/mol. The highest BCUT2D eigenvalue weighted by Crippen LogP contribution is 2.38. The van der Waals surface area contributed by atoms with Crippen LogP contribution in [0.25, 0.3) is 0 Å². The van der Waals surface area contributed by atoms with Gasteiger partial charge in [0.05, 0.1) is 12.8 Å². The number of hydrogen-bond acceptors (Lipinski definition) is 7. The summed E-state index contributed by atoms with van der Waals surface area (Å²) in [7, 11) is -7.87. The highest BCUT2D eigenvalue weighted by molar-refractivity contribution is 7.91. The third-order valence-electron chi connectivity index (χ3n) is 6.10. The van der Waals surface area contributed by atoms with E-state index in [0.29, 0.717) is 5.01 Å². The highest BCUT2D eigenvalue weighted by atomic mass is 32.2. The van der Waals surface area contributed by atoms with Gasteiger partial charge in [0.25, 0.3) is 10.0 Å². The van der Waals surface area contributed by atoms with Gasteiger partial charge in [-0.05, 0) is 30.1 Å². The molecule has 0 radical (unpaired) electrons. The van der Waals surface area contributed by atoms with Crippen LogP contribution in [0.1, 0.15) is 53.5 Å². The second kappa shape index (κ2) is 8.42. The number of hydrazine groups is 1. The van der Waals surface area contributed by atoms with Crippen LogP contribution in [0.15, 0.2) is 10.4 Å². The molecule has 1 atom stereocenters. The van der Waals surface area contributed by atoms with E-state index >= 15 is 0 Å². The molecule has 1 unspecified atom stereocenters. The van der Waals surface area contributed by atoms with Crippen LogP contribution >= 0.6 is 11.3 Å². The van der Waals surface area contributed by atoms with Crippen LogP contribution in [0.5, 0.6) is 0 Å². The molecule has 1 heterocycles. The molecule has 11 heteroatoms. The Bertz CT molecular complexity index is 808. The average Bonchev–Trinajstić information content (AvgIpc) is 3.01. The second-order valence-corrected chi connectivity index (χ2v) is 23.7. The molecule has 0 saturated carbocycles. The first-order valence-corrected chi connectivity index (χ1v) is 17.9. The summed E-state index contributed by atoms with van der Waals surface area (Å²) in [5.74, 6) is 0. The van der Waals surface area contributed by atoms with Crippen molar-refractivity contribution in [3.63, 3.8) is 0 Å². The van der Waals surface area contributed by atoms with Crippen LogP contribution in [0.4, 0.5) is 0 Å². The summed E-state index contributed by atoms with van der Waals surface area (Å²) < 4.78 is 31.6. The molecule has 1 rings (SSSR count). The van der Waals surface area contributed by atoms with Crippen LogP contribution < -0.4 is 9.92 Å². The Morgan fingerprint density at radius 3 is 2.03 bits per heavy atom. The topological polar surface area (TPSA) is 101 Å². The molecular formula is C18H39N3O4S2Si2. The molecule has 0 amide bonds. The lowest BCUT2D eigenvalue weighted by atomic mass is 10.1. The number of rotatable bonds is 8. The summed E-state index contributed by atoms with van der Waals surface area (Å²) >= 11 is 0.962. The Labute approximate surface area is 182 Å². The Balaban J connectivity index is 2.94. The molecular weight excluding hydrogens is 443 g/mol. The van der Waals surface area contributed by atoms with Gasteiger partial charge in [-0.3, -0.25) is 5.09 Å². The third-order valence-corrected chi connectivity index (χ3v) is 18.2. The van der Waals surface area contributed by atoms with Crippen molar-refractivity contribution in [2.75, 3.05) is 6.61 Å². The van der Waals surface area contributed by atoms with Crippen LogP contribution in [0.3, 0.4) is 0 Å². The van der Waals surface area contributed by atoms with Crippen molar-refractivity contribution in [1.82, 2.24) is 14.9 Å². The Hall–Kier alpha value is -0.146. The predicted molar refractivity (Wildman–Crippen MR) is 125 cm³/mol. The Morgan fingerprint density at radius 2 is 1.59 bits per heavy atom. The number of hydrogen-bond donors (Lipinski definition) is 3. The summed E-state index contributed by atoms with van der Waals surface area (Å²) in [6.45, 7) is 22.7. The van der Waals surface area contributed by atoms with Gasteiger partial charge >= 0.3 is 0 Å². The number of nitrogens with zero attached hydrogens (tertiary/aromatic N) is 1. The highest BCUT2D eigenvalue weighted by Gasteiger charge is 2.40. The number of thiazole rings is 1. The molecule has 0 fully saturated rings. The van der Waals surface area contributed by atoms with E-state index in [-0.39, 0.29) is 20.9 Å². The molecule has 0 saturated heterocycles. The molecule has 7 nitrogen and oxygen atoms in total. The zero-order valence-corrected chi connectivity index (χ0v) is 23.4. The summed E-state index contributed by atoms with van der Waals surface area (Å²) in [4.78, 5) is 6.69. The van der Waals surface area contributed by atoms with E-state index in [9.17, 15) is 13.5 Å². The van der Waals surface area contributed by atoms with Gasteiger partial charge in [0.15, 0.2) is 12.5 Å². The SMILES string of the molecule is CC(O)(CO[Si](C)(C)C(C)(C)C)c1ncc(S(=O)(=O)NN[Si](C)(C)C(C)(C)C)s1. The lowest BCUT2D eigenvalue weighted by Crippen LogP contribution is -2.59. The summed E-state index contributed by atoms with van der Waals surface area (Å²) in [5.41, 5.74) is -1.36. The van der Waals surface area contributed by atoms with Crippen LogP contribution in [-0.4, -0.2) is 41.7 Å². The standard InChI is InChI=1S/C18H39N3O4S2Si2/c1-16(2,3)28(8,9)21-20-27(23,24)14-12-19-15(26-14)18(7,22)13-25-29(10,11)17(4,5)6/h12,20-22H,13H2,1-11H3. The molecule has 0 aliphatic heterocycles. The minimum atomic E-state index is -3.77. The molecule has 1 aromatic rings. The fourth-order valence-electron chi connectivity index (χ4n) is 1.66. The second-order valence-electron chi connectivity index (χ2n) is 10.9. The fraction of sp³-hybridized carbons (Fsp3) is 0.833. The molecule has 0 aliphatic carbocycles. The summed E-state index contributed by atoms with van der Waals surface area (Å²) in [5, 5.41) is 14.2. The number of aliphatic hydroxyl groups is 1. The third kappa shape index (κ3) is 6.66. The largest absolute Gasteiger partial charge is 0.413 e. The monoisotopic (exact) mass is 481 g/mol. The fourth-order valence-corrected chi connectivity index (χ4v) is 6.45. The zero-order chi connectivity index (χ0) is 23.1. The molecule has 170 valence electrons. The normalized spacial score (nSPS) is 16.7. The van der Waals surface area contributed by atoms with Gasteiger partial charge in [0, 0.05) is 0 Å². The number of sulfonamides is 1. The van der Waals surface area contributed by atoms with Crippen molar-refractivity contribution in [1.29, 1.82) is 0 Å².